The maximum absolute atomic E-state index is 14.2. The van der Waals surface area contributed by atoms with Crippen LogP contribution in [0.2, 0.25) is 0 Å². The van der Waals surface area contributed by atoms with Crippen LogP contribution in [0.5, 0.6) is 0 Å². The van der Waals surface area contributed by atoms with E-state index < -0.39 is 0 Å². The molecule has 1 fully saturated rings. The molecular weight excluding hydrogens is 313 g/mol. The molecule has 0 saturated heterocycles. The monoisotopic (exact) mass is 335 g/mol. The fraction of sp³-hybridized carbons (Fsp3) is 0.333. The molecule has 4 rings (SSSR count). The van der Waals surface area contributed by atoms with Gasteiger partial charge in [-0.3, -0.25) is 0 Å². The van der Waals surface area contributed by atoms with Gasteiger partial charge in [0, 0.05) is 11.4 Å². The number of nitrogens with zero attached hydrogens (tertiary/aromatic N) is 2. The van der Waals surface area contributed by atoms with Crippen molar-refractivity contribution in [1.29, 1.82) is 0 Å². The number of hydrogen-bond donors (Lipinski definition) is 1. The third-order valence-corrected chi connectivity index (χ3v) is 5.15. The highest BCUT2D eigenvalue weighted by atomic mass is 19.1. The van der Waals surface area contributed by atoms with E-state index in [-0.39, 0.29) is 5.82 Å². The van der Waals surface area contributed by atoms with Gasteiger partial charge >= 0.3 is 0 Å². The summed E-state index contributed by atoms with van der Waals surface area (Å²) in [6.45, 7) is 2.29. The van der Waals surface area contributed by atoms with E-state index in [1.807, 2.05) is 30.3 Å². The number of aromatic nitrogens is 2. The van der Waals surface area contributed by atoms with E-state index >= 15 is 0 Å². The largest absolute Gasteiger partial charge is 0.366 e. The summed E-state index contributed by atoms with van der Waals surface area (Å²) in [7, 11) is 0. The van der Waals surface area contributed by atoms with Gasteiger partial charge in [-0.25, -0.2) is 14.4 Å². The van der Waals surface area contributed by atoms with E-state index in [1.54, 1.807) is 12.1 Å². The molecule has 0 spiro atoms. The van der Waals surface area contributed by atoms with Gasteiger partial charge in [0.2, 0.25) is 0 Å². The summed E-state index contributed by atoms with van der Waals surface area (Å²) in [6, 6.07) is 15.0. The molecule has 3 nitrogen and oxygen atoms in total. The predicted octanol–water partition coefficient (Wildman–Crippen LogP) is 5.43. The second kappa shape index (κ2) is 6.79. The topological polar surface area (TPSA) is 37.8 Å². The summed E-state index contributed by atoms with van der Waals surface area (Å²) in [4.78, 5) is 9.29. The lowest BCUT2D eigenvalue weighted by molar-refractivity contribution is 0.349. The molecule has 1 heterocycles. The van der Waals surface area contributed by atoms with Gasteiger partial charge in [-0.05, 0) is 43.0 Å². The first-order chi connectivity index (χ1) is 12.2. The first kappa shape index (κ1) is 16.0. The minimum atomic E-state index is -0.297. The Morgan fingerprint density at radius 2 is 1.72 bits per heavy atom. The Kier molecular flexibility index (Phi) is 4.35. The van der Waals surface area contributed by atoms with Crippen LogP contribution in [0.3, 0.4) is 0 Å². The molecule has 1 N–H and O–H groups in total. The molecule has 3 aromatic rings. The highest BCUT2D eigenvalue weighted by molar-refractivity contribution is 5.90. The lowest BCUT2D eigenvalue weighted by Gasteiger charge is -2.30. The second-order valence-corrected chi connectivity index (χ2v) is 6.91. The second-order valence-electron chi connectivity index (χ2n) is 6.91. The van der Waals surface area contributed by atoms with Crippen LogP contribution in [0.15, 0.2) is 48.5 Å². The van der Waals surface area contributed by atoms with Crippen LogP contribution in [0.1, 0.15) is 32.6 Å². The Labute approximate surface area is 147 Å². The lowest BCUT2D eigenvalue weighted by Crippen LogP contribution is -2.30. The van der Waals surface area contributed by atoms with Crippen molar-refractivity contribution in [2.45, 2.75) is 38.6 Å². The quantitative estimate of drug-likeness (QED) is 0.694. The average molecular weight is 335 g/mol. The fourth-order valence-electron chi connectivity index (χ4n) is 3.66. The van der Waals surface area contributed by atoms with Crippen LogP contribution in [0, 0.1) is 11.7 Å². The van der Waals surface area contributed by atoms with Crippen LogP contribution < -0.4 is 5.32 Å². The maximum Gasteiger partial charge on any atom is 0.165 e. The number of hydrogen-bond acceptors (Lipinski definition) is 3. The summed E-state index contributed by atoms with van der Waals surface area (Å²) in [5.41, 5.74) is 1.27. The van der Waals surface area contributed by atoms with Gasteiger partial charge in [-0.15, -0.1) is 0 Å². The first-order valence-corrected chi connectivity index (χ1v) is 9.00. The molecule has 1 aliphatic rings. The number of rotatable bonds is 3. The molecule has 0 aliphatic heterocycles. The summed E-state index contributed by atoms with van der Waals surface area (Å²) >= 11 is 0. The van der Waals surface area contributed by atoms with E-state index in [1.165, 1.54) is 25.3 Å². The van der Waals surface area contributed by atoms with Crippen LogP contribution in [-0.2, 0) is 0 Å². The standard InChI is InChI=1S/C21H22FN3/c1-14-8-2-6-12-18(14)23-21-16-10-4-7-13-19(16)24-20(25-21)15-9-3-5-11-17(15)22/h3-5,7,9-11,13-14,18H,2,6,8,12H2,1H3,(H,23,24,25). The SMILES string of the molecule is CC1CCCCC1Nc1nc(-c2ccccc2F)nc2ccccc12. The predicted molar refractivity (Wildman–Crippen MR) is 100.0 cm³/mol. The Hall–Kier alpha value is -2.49. The molecule has 1 aromatic heterocycles. The Morgan fingerprint density at radius 1 is 0.960 bits per heavy atom. The molecule has 4 heteroatoms. The number of nitrogens with one attached hydrogen (secondary N) is 1. The summed E-state index contributed by atoms with van der Waals surface area (Å²) < 4.78 is 14.2. The number of fused-ring (bicyclic) bond motifs is 1. The van der Waals surface area contributed by atoms with E-state index in [0.717, 1.165) is 23.1 Å². The number of anilines is 1. The third-order valence-electron chi connectivity index (χ3n) is 5.15. The van der Waals surface area contributed by atoms with Crippen LogP contribution in [-0.4, -0.2) is 16.0 Å². The molecule has 0 bridgehead atoms. The van der Waals surface area contributed by atoms with E-state index in [0.29, 0.717) is 23.3 Å². The van der Waals surface area contributed by atoms with Gasteiger partial charge in [-0.2, -0.15) is 0 Å². The summed E-state index contributed by atoms with van der Waals surface area (Å²) in [5.74, 6) is 1.56. The molecule has 1 saturated carbocycles. The molecule has 2 unspecified atom stereocenters. The highest BCUT2D eigenvalue weighted by Crippen LogP contribution is 2.30. The zero-order valence-corrected chi connectivity index (χ0v) is 14.4. The van der Waals surface area contributed by atoms with Crippen molar-refractivity contribution in [2.24, 2.45) is 5.92 Å². The molecular formula is C21H22FN3. The molecule has 2 atom stereocenters. The molecule has 1 aliphatic carbocycles. The molecule has 0 amide bonds. The van der Waals surface area contributed by atoms with Crippen LogP contribution in [0.4, 0.5) is 10.2 Å². The molecule has 128 valence electrons. The first-order valence-electron chi connectivity index (χ1n) is 9.00. The van der Waals surface area contributed by atoms with Crippen molar-refractivity contribution >= 4 is 16.7 Å². The molecule has 25 heavy (non-hydrogen) atoms. The zero-order chi connectivity index (χ0) is 17.2. The van der Waals surface area contributed by atoms with Gasteiger partial charge in [-0.1, -0.05) is 44.0 Å². The Morgan fingerprint density at radius 3 is 2.56 bits per heavy atom. The lowest BCUT2D eigenvalue weighted by atomic mass is 9.86. The van der Waals surface area contributed by atoms with E-state index in [4.69, 9.17) is 4.98 Å². The molecule has 2 aromatic carbocycles. The molecule has 0 radical (unpaired) electrons. The van der Waals surface area contributed by atoms with Crippen molar-refractivity contribution in [1.82, 2.24) is 9.97 Å². The summed E-state index contributed by atoms with van der Waals surface area (Å²) in [6.07, 6.45) is 4.92. The smallest absolute Gasteiger partial charge is 0.165 e. The Bertz CT molecular complexity index is 893. The minimum absolute atomic E-state index is 0.297. The van der Waals surface area contributed by atoms with E-state index in [2.05, 4.69) is 17.2 Å². The van der Waals surface area contributed by atoms with Crippen molar-refractivity contribution in [3.05, 3.63) is 54.3 Å². The zero-order valence-electron chi connectivity index (χ0n) is 14.4. The summed E-state index contributed by atoms with van der Waals surface area (Å²) in [5, 5.41) is 4.62. The third kappa shape index (κ3) is 3.21. The van der Waals surface area contributed by atoms with Crippen molar-refractivity contribution in [2.75, 3.05) is 5.32 Å². The van der Waals surface area contributed by atoms with Gasteiger partial charge in [0.1, 0.15) is 11.6 Å². The van der Waals surface area contributed by atoms with Crippen LogP contribution >= 0.6 is 0 Å². The average Bonchev–Trinajstić information content (AvgIpc) is 2.64. The van der Waals surface area contributed by atoms with Crippen molar-refractivity contribution in [3.8, 4) is 11.4 Å². The van der Waals surface area contributed by atoms with Crippen molar-refractivity contribution < 1.29 is 4.39 Å². The van der Waals surface area contributed by atoms with E-state index in [9.17, 15) is 4.39 Å². The maximum atomic E-state index is 14.2. The number of benzene rings is 2. The van der Waals surface area contributed by atoms with Crippen molar-refractivity contribution in [3.63, 3.8) is 0 Å². The number of halogens is 1. The normalized spacial score (nSPS) is 20.6. The van der Waals surface area contributed by atoms with Gasteiger partial charge < -0.3 is 5.32 Å². The van der Waals surface area contributed by atoms with Gasteiger partial charge in [0.25, 0.3) is 0 Å². The Balaban J connectivity index is 1.80. The van der Waals surface area contributed by atoms with Crippen LogP contribution in [0.25, 0.3) is 22.3 Å². The minimum Gasteiger partial charge on any atom is -0.366 e. The highest BCUT2D eigenvalue weighted by Gasteiger charge is 2.22. The van der Waals surface area contributed by atoms with Gasteiger partial charge in [0.15, 0.2) is 5.82 Å². The number of para-hydroxylation sites is 1. The van der Waals surface area contributed by atoms with Gasteiger partial charge in [0.05, 0.1) is 11.1 Å². The fourth-order valence-corrected chi connectivity index (χ4v) is 3.66.